The van der Waals surface area contributed by atoms with Gasteiger partial charge >= 0.3 is 6.18 Å². The molecule has 0 radical (unpaired) electrons. The fourth-order valence-corrected chi connectivity index (χ4v) is 3.59. The molecule has 1 aromatic carbocycles. The third-order valence-electron chi connectivity index (χ3n) is 5.45. The minimum Gasteiger partial charge on any atom is -0.387 e. The lowest BCUT2D eigenvalue weighted by Gasteiger charge is -2.34. The molecule has 1 unspecified atom stereocenters. The number of halogens is 3. The van der Waals surface area contributed by atoms with Gasteiger partial charge in [-0.25, -0.2) is 9.97 Å². The van der Waals surface area contributed by atoms with Crippen molar-refractivity contribution in [3.63, 3.8) is 0 Å². The number of carbonyl (C=O) groups excluding carboxylic acids is 1. The molecule has 1 saturated heterocycles. The number of carbonyl (C=O) groups is 1. The summed E-state index contributed by atoms with van der Waals surface area (Å²) in [5, 5.41) is 2.68. The number of anilines is 1. The summed E-state index contributed by atoms with van der Waals surface area (Å²) in [5.41, 5.74) is 3.21. The maximum Gasteiger partial charge on any atom is 0.433 e. The fourth-order valence-electron chi connectivity index (χ4n) is 3.59. The number of alkyl halides is 3. The highest BCUT2D eigenvalue weighted by Gasteiger charge is 2.32. The van der Waals surface area contributed by atoms with Crippen LogP contribution in [0.1, 0.15) is 49.8 Å². The molecule has 1 aliphatic heterocycles. The third kappa shape index (κ3) is 7.56. The number of imidazole rings is 1. The second-order valence-electron chi connectivity index (χ2n) is 8.18. The number of piperidine rings is 1. The van der Waals surface area contributed by atoms with Crippen LogP contribution >= 0.6 is 0 Å². The molecule has 1 aliphatic rings. The first-order chi connectivity index (χ1) is 15.6. The summed E-state index contributed by atoms with van der Waals surface area (Å²) < 4.78 is 35.8. The van der Waals surface area contributed by atoms with Crippen LogP contribution in [0.25, 0.3) is 11.0 Å². The zero-order valence-corrected chi connectivity index (χ0v) is 19.7. The molecule has 0 bridgehead atoms. The van der Waals surface area contributed by atoms with Crippen molar-refractivity contribution in [2.75, 3.05) is 26.0 Å². The van der Waals surface area contributed by atoms with E-state index in [1.54, 1.807) is 7.05 Å². The number of hydrogen-bond acceptors (Lipinski definition) is 5. The number of benzene rings is 1. The van der Waals surface area contributed by atoms with E-state index in [-0.39, 0.29) is 0 Å². The quantitative estimate of drug-likeness (QED) is 0.483. The summed E-state index contributed by atoms with van der Waals surface area (Å²) in [6, 6.07) is 9.12. The number of aromatic amines is 1. The predicted octanol–water partition coefficient (Wildman–Crippen LogP) is 5.62. The predicted molar refractivity (Wildman–Crippen MR) is 125 cm³/mol. The number of aldehydes is 1. The third-order valence-corrected chi connectivity index (χ3v) is 5.45. The van der Waals surface area contributed by atoms with Crippen LogP contribution in [-0.2, 0) is 11.0 Å². The largest absolute Gasteiger partial charge is 0.433 e. The van der Waals surface area contributed by atoms with Gasteiger partial charge in [0.1, 0.15) is 17.8 Å². The van der Waals surface area contributed by atoms with Crippen LogP contribution in [0.15, 0.2) is 36.5 Å². The number of pyridine rings is 1. The Morgan fingerprint density at radius 1 is 1.24 bits per heavy atom. The monoisotopic (exact) mass is 463 g/mol. The number of nitrogens with one attached hydrogen (secondary N) is 2. The van der Waals surface area contributed by atoms with Crippen molar-refractivity contribution < 1.29 is 18.0 Å². The molecule has 180 valence electrons. The first kappa shape index (κ1) is 26.3. The number of likely N-dealkylation sites (tertiary alicyclic amines) is 1. The summed E-state index contributed by atoms with van der Waals surface area (Å²) in [6.45, 7) is 7.07. The zero-order chi connectivity index (χ0) is 24.6. The summed E-state index contributed by atoms with van der Waals surface area (Å²) in [4.78, 5) is 22.7. The van der Waals surface area contributed by atoms with E-state index in [1.807, 2.05) is 0 Å². The SMILES string of the molecule is CC=O.CNc1ccc(C(F)(F)F)nc1.Cc1ccc2nc([C@H]3CC(C)CCN3C)[nH]c2c1. The van der Waals surface area contributed by atoms with E-state index in [1.165, 1.54) is 37.9 Å². The molecule has 0 amide bonds. The Morgan fingerprint density at radius 3 is 2.52 bits per heavy atom. The number of aromatic nitrogens is 3. The topological polar surface area (TPSA) is 73.9 Å². The summed E-state index contributed by atoms with van der Waals surface area (Å²) in [5.74, 6) is 1.92. The van der Waals surface area contributed by atoms with Crippen LogP contribution in [0, 0.1) is 12.8 Å². The minimum absolute atomic E-state index is 0.446. The fraction of sp³-hybridized carbons (Fsp3) is 0.458. The van der Waals surface area contributed by atoms with Crippen molar-refractivity contribution in [2.45, 2.75) is 45.8 Å². The van der Waals surface area contributed by atoms with Gasteiger partial charge in [-0.15, -0.1) is 0 Å². The number of fused-ring (bicyclic) bond motifs is 1. The van der Waals surface area contributed by atoms with E-state index in [0.29, 0.717) is 11.7 Å². The molecule has 2 aromatic heterocycles. The van der Waals surface area contributed by atoms with E-state index in [2.05, 4.69) is 59.3 Å². The molecule has 2 atom stereocenters. The molecule has 4 rings (SSSR count). The van der Waals surface area contributed by atoms with E-state index < -0.39 is 11.9 Å². The maximum absolute atomic E-state index is 11.9. The Bertz CT molecular complexity index is 1020. The minimum atomic E-state index is -4.35. The van der Waals surface area contributed by atoms with Gasteiger partial charge in [-0.3, -0.25) is 4.90 Å². The molecule has 3 aromatic rings. The highest BCUT2D eigenvalue weighted by atomic mass is 19.4. The lowest BCUT2D eigenvalue weighted by atomic mass is 9.92. The van der Waals surface area contributed by atoms with E-state index in [9.17, 15) is 13.2 Å². The van der Waals surface area contributed by atoms with Gasteiger partial charge < -0.3 is 15.1 Å². The highest BCUT2D eigenvalue weighted by Crippen LogP contribution is 2.32. The second-order valence-corrected chi connectivity index (χ2v) is 8.18. The van der Waals surface area contributed by atoms with Crippen molar-refractivity contribution in [3.8, 4) is 0 Å². The van der Waals surface area contributed by atoms with Crippen LogP contribution in [0.3, 0.4) is 0 Å². The Hall–Kier alpha value is -2.94. The Kier molecular flexibility index (Phi) is 9.40. The van der Waals surface area contributed by atoms with E-state index in [4.69, 9.17) is 9.78 Å². The maximum atomic E-state index is 11.9. The smallest absolute Gasteiger partial charge is 0.387 e. The van der Waals surface area contributed by atoms with Gasteiger partial charge in [0, 0.05) is 7.05 Å². The molecule has 0 spiro atoms. The zero-order valence-electron chi connectivity index (χ0n) is 19.7. The molecular weight excluding hydrogens is 431 g/mol. The van der Waals surface area contributed by atoms with E-state index >= 15 is 0 Å². The average Bonchev–Trinajstić information content (AvgIpc) is 3.19. The lowest BCUT2D eigenvalue weighted by Crippen LogP contribution is -2.33. The van der Waals surface area contributed by atoms with Gasteiger partial charge in [-0.1, -0.05) is 13.0 Å². The molecule has 0 saturated carbocycles. The molecule has 3 heterocycles. The Balaban J connectivity index is 0.000000223. The first-order valence-electron chi connectivity index (χ1n) is 10.9. The number of aryl methyl sites for hydroxylation is 1. The van der Waals surface area contributed by atoms with Crippen LogP contribution in [0.2, 0.25) is 0 Å². The van der Waals surface area contributed by atoms with Crippen molar-refractivity contribution in [1.82, 2.24) is 19.9 Å². The number of H-pyrrole nitrogens is 1. The van der Waals surface area contributed by atoms with Crippen LogP contribution in [0.4, 0.5) is 18.9 Å². The standard InChI is InChI=1S/C15H21N3.C7H7F3N2.C2H4O/c1-10-4-5-12-13(8-10)17-15(16-12)14-9-11(2)6-7-18(14)3;1-11-5-2-3-6(12-4-5)7(8,9)10;1-2-3/h4-5,8,11,14H,6-7,9H2,1-3H3,(H,16,17);2-4,11H,1H3;2H,1H3/t11?,14-;;/m1../s1. The summed E-state index contributed by atoms with van der Waals surface area (Å²) >= 11 is 0. The van der Waals surface area contributed by atoms with Gasteiger partial charge in [0.25, 0.3) is 0 Å². The molecular formula is C24H32F3N5O. The van der Waals surface area contributed by atoms with Crippen molar-refractivity contribution in [1.29, 1.82) is 0 Å². The number of nitrogens with zero attached hydrogens (tertiary/aromatic N) is 3. The van der Waals surface area contributed by atoms with Crippen molar-refractivity contribution >= 4 is 23.0 Å². The molecule has 1 fully saturated rings. The summed E-state index contributed by atoms with van der Waals surface area (Å²) in [7, 11) is 3.82. The Morgan fingerprint density at radius 2 is 1.94 bits per heavy atom. The van der Waals surface area contributed by atoms with Crippen LogP contribution < -0.4 is 5.32 Å². The number of rotatable bonds is 2. The van der Waals surface area contributed by atoms with Crippen molar-refractivity contribution in [2.24, 2.45) is 5.92 Å². The van der Waals surface area contributed by atoms with Gasteiger partial charge in [0.2, 0.25) is 0 Å². The molecule has 0 aliphatic carbocycles. The van der Waals surface area contributed by atoms with Crippen LogP contribution in [-0.4, -0.2) is 46.8 Å². The molecule has 2 N–H and O–H groups in total. The summed E-state index contributed by atoms with van der Waals surface area (Å²) in [6.07, 6.45) is 0.0384. The van der Waals surface area contributed by atoms with Crippen molar-refractivity contribution in [3.05, 3.63) is 53.6 Å². The van der Waals surface area contributed by atoms with E-state index in [0.717, 1.165) is 41.3 Å². The second kappa shape index (κ2) is 11.8. The Labute approximate surface area is 192 Å². The molecule has 9 heteroatoms. The first-order valence-corrected chi connectivity index (χ1v) is 10.9. The highest BCUT2D eigenvalue weighted by molar-refractivity contribution is 5.75. The average molecular weight is 464 g/mol. The molecule has 6 nitrogen and oxygen atoms in total. The lowest BCUT2D eigenvalue weighted by molar-refractivity contribution is -0.141. The number of hydrogen-bond donors (Lipinski definition) is 2. The normalized spacial score (nSPS) is 18.5. The molecule has 33 heavy (non-hydrogen) atoms. The van der Waals surface area contributed by atoms with Gasteiger partial charge in [-0.05, 0) is 76.0 Å². The van der Waals surface area contributed by atoms with Crippen LogP contribution in [0.5, 0.6) is 0 Å². The van der Waals surface area contributed by atoms with Gasteiger partial charge in [0.05, 0.1) is 29.0 Å². The van der Waals surface area contributed by atoms with Gasteiger partial charge in [0.15, 0.2) is 0 Å². The van der Waals surface area contributed by atoms with Gasteiger partial charge in [-0.2, -0.15) is 13.2 Å².